The van der Waals surface area contributed by atoms with Crippen LogP contribution >= 0.6 is 11.6 Å². The number of nitrogens with one attached hydrogen (secondary N) is 1. The summed E-state index contributed by atoms with van der Waals surface area (Å²) in [7, 11) is 0. The number of rotatable bonds is 8. The van der Waals surface area contributed by atoms with Gasteiger partial charge in [-0.2, -0.15) is 0 Å². The largest absolute Gasteiger partial charge is 0.479 e. The highest BCUT2D eigenvalue weighted by molar-refractivity contribution is 6.30. The summed E-state index contributed by atoms with van der Waals surface area (Å²) in [5.74, 6) is -0.696. The minimum Gasteiger partial charge on any atom is -0.479 e. The molecular weight excluding hydrogens is 464 g/mol. The summed E-state index contributed by atoms with van der Waals surface area (Å²) < 4.78 is 5.57. The number of pyridine rings is 1. The fraction of sp³-hybridized carbons (Fsp3) is 0.321. The van der Waals surface area contributed by atoms with Gasteiger partial charge in [0.1, 0.15) is 5.75 Å². The molecule has 1 amide bonds. The molecule has 4 rings (SSSR count). The van der Waals surface area contributed by atoms with Crippen LogP contribution in [0.25, 0.3) is 11.1 Å². The van der Waals surface area contributed by atoms with Crippen LogP contribution in [-0.4, -0.2) is 28.1 Å². The molecule has 0 bridgehead atoms. The maximum atomic E-state index is 13.6. The zero-order valence-electron chi connectivity index (χ0n) is 19.8. The van der Waals surface area contributed by atoms with Crippen molar-refractivity contribution in [2.75, 3.05) is 5.32 Å². The first-order valence-corrected chi connectivity index (χ1v) is 12.2. The fourth-order valence-electron chi connectivity index (χ4n) is 4.71. The van der Waals surface area contributed by atoms with Crippen LogP contribution < -0.4 is 10.1 Å². The number of hydrogen-bond donors (Lipinski definition) is 2. The van der Waals surface area contributed by atoms with Gasteiger partial charge in [-0.05, 0) is 61.9 Å². The van der Waals surface area contributed by atoms with Crippen LogP contribution in [0.1, 0.15) is 49.7 Å². The van der Waals surface area contributed by atoms with E-state index in [0.29, 0.717) is 22.0 Å². The molecule has 182 valence electrons. The Bertz CT molecular complexity index is 1210. The summed E-state index contributed by atoms with van der Waals surface area (Å²) >= 11 is 6.09. The lowest BCUT2D eigenvalue weighted by Gasteiger charge is -2.24. The molecule has 1 aliphatic rings. The number of amides is 1. The summed E-state index contributed by atoms with van der Waals surface area (Å²) in [5, 5.41) is 12.8. The molecular formula is C28H29ClN2O4. The van der Waals surface area contributed by atoms with Crippen molar-refractivity contribution in [2.45, 2.75) is 51.6 Å². The molecule has 6 nitrogen and oxygen atoms in total. The average Bonchev–Trinajstić information content (AvgIpc) is 3.36. The van der Waals surface area contributed by atoms with Gasteiger partial charge in [0, 0.05) is 29.2 Å². The molecule has 2 atom stereocenters. The van der Waals surface area contributed by atoms with Crippen molar-refractivity contribution in [3.05, 3.63) is 77.1 Å². The molecule has 7 heteroatoms. The molecule has 0 radical (unpaired) electrons. The van der Waals surface area contributed by atoms with Crippen molar-refractivity contribution in [3.8, 4) is 16.9 Å². The topological polar surface area (TPSA) is 88.5 Å². The highest BCUT2D eigenvalue weighted by Gasteiger charge is 2.32. The molecule has 1 heterocycles. The molecule has 1 saturated carbocycles. The van der Waals surface area contributed by atoms with E-state index in [1.165, 1.54) is 6.92 Å². The Morgan fingerprint density at radius 3 is 2.46 bits per heavy atom. The van der Waals surface area contributed by atoms with Crippen LogP contribution in [0.2, 0.25) is 5.02 Å². The Hall–Kier alpha value is -3.38. The number of carboxylic acids is 1. The Morgan fingerprint density at radius 2 is 1.80 bits per heavy atom. The van der Waals surface area contributed by atoms with Gasteiger partial charge in [-0.15, -0.1) is 0 Å². The van der Waals surface area contributed by atoms with Gasteiger partial charge in [0.2, 0.25) is 5.91 Å². The third kappa shape index (κ3) is 5.82. The molecule has 0 aliphatic heterocycles. The van der Waals surface area contributed by atoms with Crippen LogP contribution in [0.15, 0.2) is 60.9 Å². The lowest BCUT2D eigenvalue weighted by molar-refractivity contribution is -0.144. The predicted octanol–water partition coefficient (Wildman–Crippen LogP) is 6.47. The molecule has 0 saturated heterocycles. The van der Waals surface area contributed by atoms with E-state index in [4.69, 9.17) is 16.3 Å². The first-order valence-electron chi connectivity index (χ1n) is 11.8. The van der Waals surface area contributed by atoms with E-state index in [-0.39, 0.29) is 17.7 Å². The van der Waals surface area contributed by atoms with Crippen molar-refractivity contribution in [1.82, 2.24) is 4.98 Å². The lowest BCUT2D eigenvalue weighted by atomic mass is 9.83. The van der Waals surface area contributed by atoms with Crippen LogP contribution in [0.3, 0.4) is 0 Å². The Balaban J connectivity index is 1.58. The van der Waals surface area contributed by atoms with Gasteiger partial charge < -0.3 is 15.2 Å². The van der Waals surface area contributed by atoms with Gasteiger partial charge in [0.15, 0.2) is 6.10 Å². The van der Waals surface area contributed by atoms with Gasteiger partial charge in [0.05, 0.1) is 10.9 Å². The second-order valence-corrected chi connectivity index (χ2v) is 9.49. The van der Waals surface area contributed by atoms with E-state index < -0.39 is 12.1 Å². The average molecular weight is 493 g/mol. The molecule has 35 heavy (non-hydrogen) atoms. The molecule has 2 aromatic carbocycles. The van der Waals surface area contributed by atoms with Crippen molar-refractivity contribution < 1.29 is 19.4 Å². The number of halogens is 1. The molecule has 1 aromatic heterocycles. The highest BCUT2D eigenvalue weighted by atomic mass is 35.5. The van der Waals surface area contributed by atoms with Crippen LogP contribution in [0.4, 0.5) is 5.69 Å². The van der Waals surface area contributed by atoms with Gasteiger partial charge in [-0.3, -0.25) is 9.78 Å². The fourth-order valence-corrected chi connectivity index (χ4v) is 4.88. The van der Waals surface area contributed by atoms with Crippen LogP contribution in [-0.2, 0) is 9.59 Å². The number of aromatic nitrogens is 1. The molecule has 3 aromatic rings. The number of aliphatic carboxylic acids is 1. The first kappa shape index (κ1) is 24.7. The maximum Gasteiger partial charge on any atom is 0.344 e. The second kappa shape index (κ2) is 10.9. The monoisotopic (exact) mass is 492 g/mol. The number of ether oxygens (including phenoxy) is 1. The molecule has 1 fully saturated rings. The van der Waals surface area contributed by atoms with Gasteiger partial charge in [-0.1, -0.05) is 54.8 Å². The van der Waals surface area contributed by atoms with E-state index in [1.807, 2.05) is 43.3 Å². The van der Waals surface area contributed by atoms with Crippen molar-refractivity contribution in [1.29, 1.82) is 0 Å². The number of anilines is 1. The summed E-state index contributed by atoms with van der Waals surface area (Å²) in [6.45, 7) is 3.30. The Labute approximate surface area is 210 Å². The third-order valence-corrected chi connectivity index (χ3v) is 6.86. The molecule has 0 spiro atoms. The van der Waals surface area contributed by atoms with E-state index in [0.717, 1.165) is 42.4 Å². The Kier molecular flexibility index (Phi) is 7.71. The van der Waals surface area contributed by atoms with Gasteiger partial charge in [0.25, 0.3) is 0 Å². The maximum absolute atomic E-state index is 13.6. The van der Waals surface area contributed by atoms with Gasteiger partial charge in [-0.25, -0.2) is 4.79 Å². The van der Waals surface area contributed by atoms with E-state index in [2.05, 4.69) is 10.3 Å². The van der Waals surface area contributed by atoms with Crippen LogP contribution in [0, 0.1) is 12.8 Å². The quantitative estimate of drug-likeness (QED) is 0.376. The Morgan fingerprint density at radius 1 is 1.09 bits per heavy atom. The zero-order valence-corrected chi connectivity index (χ0v) is 20.6. The molecule has 2 N–H and O–H groups in total. The molecule has 2 unspecified atom stereocenters. The van der Waals surface area contributed by atoms with Crippen LogP contribution in [0.5, 0.6) is 5.75 Å². The number of benzene rings is 2. The first-order chi connectivity index (χ1) is 16.8. The predicted molar refractivity (Wildman–Crippen MR) is 137 cm³/mol. The minimum atomic E-state index is -1.04. The number of nitrogens with zero attached hydrogens (tertiary/aromatic N) is 1. The van der Waals surface area contributed by atoms with Crippen molar-refractivity contribution in [3.63, 3.8) is 0 Å². The number of carbonyl (C=O) groups is 2. The SMILES string of the molecule is Cc1c(NC(=O)C(c2ccc(-c3cncc(Cl)c3)cc2)C2CCCC2)cccc1OC(C)C(=O)O. The minimum absolute atomic E-state index is 0.0689. The summed E-state index contributed by atoms with van der Waals surface area (Å²) in [6, 6.07) is 15.2. The summed E-state index contributed by atoms with van der Waals surface area (Å²) in [6.07, 6.45) is 6.65. The standard InChI is InChI=1S/C28H29ClN2O4/c1-17-24(8-5-9-25(17)35-18(2)28(33)34)31-27(32)26(20-6-3-4-7-20)21-12-10-19(11-13-21)22-14-23(29)16-30-15-22/h5,8-16,18,20,26H,3-4,6-7H2,1-2H3,(H,31,32)(H,33,34). The van der Waals surface area contributed by atoms with Crippen molar-refractivity contribution >= 4 is 29.2 Å². The highest BCUT2D eigenvalue weighted by Crippen LogP contribution is 2.39. The smallest absolute Gasteiger partial charge is 0.344 e. The third-order valence-electron chi connectivity index (χ3n) is 6.66. The summed E-state index contributed by atoms with van der Waals surface area (Å²) in [5.41, 5.74) is 4.20. The number of carbonyl (C=O) groups excluding carboxylic acids is 1. The van der Waals surface area contributed by atoms with Crippen molar-refractivity contribution in [2.24, 2.45) is 5.92 Å². The van der Waals surface area contributed by atoms with E-state index in [9.17, 15) is 14.7 Å². The van der Waals surface area contributed by atoms with E-state index >= 15 is 0 Å². The molecule has 1 aliphatic carbocycles. The lowest BCUT2D eigenvalue weighted by Crippen LogP contribution is -2.27. The second-order valence-electron chi connectivity index (χ2n) is 9.05. The summed E-state index contributed by atoms with van der Waals surface area (Å²) in [4.78, 5) is 29.0. The number of carboxylic acid groups (broad SMARTS) is 1. The normalized spacial score (nSPS) is 15.4. The number of hydrogen-bond acceptors (Lipinski definition) is 4. The van der Waals surface area contributed by atoms with E-state index in [1.54, 1.807) is 24.5 Å². The zero-order chi connectivity index (χ0) is 24.9. The van der Waals surface area contributed by atoms with Gasteiger partial charge >= 0.3 is 5.97 Å².